The maximum atomic E-state index is 11.4. The Hall–Kier alpha value is -1.09. The Morgan fingerprint density at radius 2 is 1.75 bits per heavy atom. The van der Waals surface area contributed by atoms with Gasteiger partial charge >= 0.3 is 5.97 Å². The highest BCUT2D eigenvalue weighted by molar-refractivity contribution is 6.75. The van der Waals surface area contributed by atoms with Crippen LogP contribution >= 0.6 is 0 Å². The molecule has 0 aromatic heterocycles. The fraction of sp³-hybridized carbons (Fsp3) is 0.462. The van der Waals surface area contributed by atoms with Gasteiger partial charge in [0.1, 0.15) is 0 Å². The van der Waals surface area contributed by atoms with Crippen LogP contribution in [-0.4, -0.2) is 20.7 Å². The van der Waals surface area contributed by atoms with Gasteiger partial charge in [-0.3, -0.25) is 0 Å². The van der Waals surface area contributed by atoms with Crippen molar-refractivity contribution in [3.8, 4) is 0 Å². The van der Waals surface area contributed by atoms with E-state index in [9.17, 15) is 4.79 Å². The van der Waals surface area contributed by atoms with Crippen LogP contribution in [-0.2, 0) is 10.8 Å². The first-order valence-electron chi connectivity index (χ1n) is 5.68. The zero-order chi connectivity index (χ0) is 12.2. The van der Waals surface area contributed by atoms with Crippen LogP contribution in [0.1, 0.15) is 22.8 Å². The van der Waals surface area contributed by atoms with Crippen molar-refractivity contribution in [1.82, 2.24) is 0 Å². The van der Waals surface area contributed by atoms with E-state index in [2.05, 4.69) is 19.6 Å². The molecule has 0 spiro atoms. The Balaban J connectivity index is 2.72. The second kappa shape index (κ2) is 5.30. The van der Waals surface area contributed by atoms with Crippen molar-refractivity contribution in [1.29, 1.82) is 0 Å². The van der Waals surface area contributed by atoms with E-state index in [1.54, 1.807) is 0 Å². The summed E-state index contributed by atoms with van der Waals surface area (Å²) in [6.07, 6.45) is 0. The second-order valence-corrected chi connectivity index (χ2v) is 10.6. The fourth-order valence-electron chi connectivity index (χ4n) is 1.59. The first-order valence-corrected chi connectivity index (χ1v) is 9.39. The Morgan fingerprint density at radius 1 is 1.19 bits per heavy atom. The van der Waals surface area contributed by atoms with Crippen LogP contribution in [0, 0.1) is 0 Å². The van der Waals surface area contributed by atoms with E-state index < -0.39 is 8.07 Å². The lowest BCUT2D eigenvalue weighted by molar-refractivity contribution is 0.0526. The lowest BCUT2D eigenvalue weighted by Gasteiger charge is -2.15. The minimum atomic E-state index is -1.07. The first kappa shape index (κ1) is 13.0. The molecule has 1 aromatic rings. The molecule has 16 heavy (non-hydrogen) atoms. The average molecular weight is 236 g/mol. The van der Waals surface area contributed by atoms with E-state index in [4.69, 9.17) is 4.74 Å². The van der Waals surface area contributed by atoms with E-state index in [0.29, 0.717) is 12.2 Å². The van der Waals surface area contributed by atoms with E-state index >= 15 is 0 Å². The van der Waals surface area contributed by atoms with Gasteiger partial charge in [-0.05, 0) is 25.1 Å². The van der Waals surface area contributed by atoms with E-state index in [1.165, 1.54) is 5.56 Å². The molecule has 0 atom stereocenters. The Kier molecular flexibility index (Phi) is 4.30. The molecular weight excluding hydrogens is 216 g/mol. The number of hydrogen-bond acceptors (Lipinski definition) is 2. The van der Waals surface area contributed by atoms with Gasteiger partial charge in [-0.25, -0.2) is 4.79 Å². The fourth-order valence-corrected chi connectivity index (χ4v) is 3.05. The van der Waals surface area contributed by atoms with Gasteiger partial charge in [0.15, 0.2) is 0 Å². The van der Waals surface area contributed by atoms with Crippen LogP contribution in [0.25, 0.3) is 0 Å². The highest BCUT2D eigenvalue weighted by Gasteiger charge is 2.14. The van der Waals surface area contributed by atoms with Crippen LogP contribution in [0.15, 0.2) is 24.3 Å². The van der Waals surface area contributed by atoms with Crippen LogP contribution < -0.4 is 0 Å². The number of carbonyl (C=O) groups is 1. The van der Waals surface area contributed by atoms with Crippen LogP contribution in [0.3, 0.4) is 0 Å². The third-order valence-electron chi connectivity index (χ3n) is 2.20. The predicted molar refractivity (Wildman–Crippen MR) is 69.4 cm³/mol. The van der Waals surface area contributed by atoms with Gasteiger partial charge in [-0.2, -0.15) is 0 Å². The molecule has 1 rings (SSSR count). The third kappa shape index (κ3) is 4.19. The topological polar surface area (TPSA) is 26.3 Å². The maximum absolute atomic E-state index is 11.4. The third-order valence-corrected chi connectivity index (χ3v) is 3.67. The highest BCUT2D eigenvalue weighted by atomic mass is 28.3. The summed E-state index contributed by atoms with van der Waals surface area (Å²) in [6, 6.07) is 8.92. The molecular formula is C13H20O2Si. The normalized spacial score (nSPS) is 11.2. The standard InChI is InChI=1S/C13H20O2Si/c1-5-15-13(14)12-8-6-11(7-9-12)10-16(2,3)4/h6-9H,5,10H2,1-4H3. The molecule has 0 aliphatic carbocycles. The molecule has 0 unspecified atom stereocenters. The minimum Gasteiger partial charge on any atom is -0.462 e. The summed E-state index contributed by atoms with van der Waals surface area (Å²) in [5.41, 5.74) is 1.95. The zero-order valence-corrected chi connectivity index (χ0v) is 11.5. The average Bonchev–Trinajstić information content (AvgIpc) is 2.16. The van der Waals surface area contributed by atoms with Crippen LogP contribution in [0.4, 0.5) is 0 Å². The molecule has 88 valence electrons. The van der Waals surface area contributed by atoms with Crippen molar-refractivity contribution in [3.63, 3.8) is 0 Å². The molecule has 0 bridgehead atoms. The summed E-state index contributed by atoms with van der Waals surface area (Å²) in [6.45, 7) is 9.26. The van der Waals surface area contributed by atoms with Gasteiger partial charge in [-0.15, -0.1) is 0 Å². The molecule has 0 saturated heterocycles. The van der Waals surface area contributed by atoms with Gasteiger partial charge in [0.2, 0.25) is 0 Å². The van der Waals surface area contributed by atoms with Gasteiger partial charge < -0.3 is 4.74 Å². The number of ether oxygens (including phenoxy) is 1. The van der Waals surface area contributed by atoms with Crippen molar-refractivity contribution in [3.05, 3.63) is 35.4 Å². The second-order valence-electron chi connectivity index (χ2n) is 5.15. The monoisotopic (exact) mass is 236 g/mol. The quantitative estimate of drug-likeness (QED) is 0.592. The molecule has 0 radical (unpaired) electrons. The lowest BCUT2D eigenvalue weighted by atomic mass is 10.1. The van der Waals surface area contributed by atoms with Gasteiger partial charge in [0.05, 0.1) is 12.2 Å². The summed E-state index contributed by atoms with van der Waals surface area (Å²) in [5.74, 6) is -0.234. The number of rotatable bonds is 4. The molecule has 2 nitrogen and oxygen atoms in total. The summed E-state index contributed by atoms with van der Waals surface area (Å²) in [4.78, 5) is 11.4. The zero-order valence-electron chi connectivity index (χ0n) is 10.5. The Morgan fingerprint density at radius 3 is 2.19 bits per heavy atom. The molecule has 0 saturated carbocycles. The first-order chi connectivity index (χ1) is 7.42. The van der Waals surface area contributed by atoms with Crippen molar-refractivity contribution in [2.75, 3.05) is 6.61 Å². The van der Waals surface area contributed by atoms with E-state index in [-0.39, 0.29) is 5.97 Å². The SMILES string of the molecule is CCOC(=O)c1ccc(C[Si](C)(C)C)cc1. The van der Waals surface area contributed by atoms with Crippen LogP contribution in [0.2, 0.25) is 19.6 Å². The van der Waals surface area contributed by atoms with E-state index in [0.717, 1.165) is 6.04 Å². The molecule has 0 amide bonds. The molecule has 1 aromatic carbocycles. The molecule has 3 heteroatoms. The maximum Gasteiger partial charge on any atom is 0.338 e. The largest absolute Gasteiger partial charge is 0.462 e. The lowest BCUT2D eigenvalue weighted by Crippen LogP contribution is -2.23. The predicted octanol–water partition coefficient (Wildman–Crippen LogP) is 3.28. The summed E-state index contributed by atoms with van der Waals surface area (Å²) in [5, 5.41) is 0. The Labute approximate surface area is 98.6 Å². The van der Waals surface area contributed by atoms with Crippen molar-refractivity contribution >= 4 is 14.0 Å². The number of hydrogen-bond donors (Lipinski definition) is 0. The van der Waals surface area contributed by atoms with Crippen LogP contribution in [0.5, 0.6) is 0 Å². The molecule has 0 fully saturated rings. The molecule has 0 N–H and O–H groups in total. The Bertz CT molecular complexity index is 349. The molecule has 0 heterocycles. The van der Waals surface area contributed by atoms with Crippen molar-refractivity contribution in [2.45, 2.75) is 32.6 Å². The van der Waals surface area contributed by atoms with Gasteiger partial charge in [-0.1, -0.05) is 37.3 Å². The molecule has 0 aliphatic rings. The summed E-state index contributed by atoms with van der Waals surface area (Å²) < 4.78 is 4.94. The van der Waals surface area contributed by atoms with Crippen molar-refractivity contribution in [2.24, 2.45) is 0 Å². The molecule has 0 aliphatic heterocycles. The number of esters is 1. The smallest absolute Gasteiger partial charge is 0.338 e. The van der Waals surface area contributed by atoms with Crippen molar-refractivity contribution < 1.29 is 9.53 Å². The van der Waals surface area contributed by atoms with Gasteiger partial charge in [0, 0.05) is 8.07 Å². The number of benzene rings is 1. The van der Waals surface area contributed by atoms with Gasteiger partial charge in [0.25, 0.3) is 0 Å². The summed E-state index contributed by atoms with van der Waals surface area (Å²) >= 11 is 0. The number of carbonyl (C=O) groups excluding carboxylic acids is 1. The van der Waals surface area contributed by atoms with E-state index in [1.807, 2.05) is 31.2 Å². The summed E-state index contributed by atoms with van der Waals surface area (Å²) in [7, 11) is -1.07. The minimum absolute atomic E-state index is 0.234. The highest BCUT2D eigenvalue weighted by Crippen LogP contribution is 2.13.